The predicted molar refractivity (Wildman–Crippen MR) is 193 cm³/mol. The zero-order valence-corrected chi connectivity index (χ0v) is 32.3. The molecule has 324 valence electrons. The third-order valence-electron chi connectivity index (χ3n) is 9.40. The van der Waals surface area contributed by atoms with E-state index in [0.29, 0.717) is 25.8 Å². The molecule has 0 aromatic carbocycles. The number of amides is 4. The minimum atomic E-state index is -1.32. The number of aliphatic hydroxyl groups excluding tert-OH is 6. The topological polar surface area (TPSA) is 296 Å². The molecule has 3 aliphatic rings. The number of unbranched alkanes of at least 4 members (excludes halogenated alkanes) is 2. The van der Waals surface area contributed by atoms with Crippen molar-refractivity contribution in [2.45, 2.75) is 126 Å². The minimum Gasteiger partial charge on any atom is -0.394 e. The van der Waals surface area contributed by atoms with Crippen LogP contribution in [-0.2, 0) is 47.6 Å². The van der Waals surface area contributed by atoms with Crippen molar-refractivity contribution >= 4 is 23.6 Å². The van der Waals surface area contributed by atoms with Gasteiger partial charge in [-0.2, -0.15) is 0 Å². The molecule has 3 heterocycles. The summed E-state index contributed by atoms with van der Waals surface area (Å²) in [5.41, 5.74) is 0. The van der Waals surface area contributed by atoms with E-state index < -0.39 is 85.4 Å². The normalized spacial score (nSPS) is 30.8. The van der Waals surface area contributed by atoms with Gasteiger partial charge in [0.1, 0.15) is 12.2 Å². The van der Waals surface area contributed by atoms with Gasteiger partial charge in [-0.3, -0.25) is 24.1 Å². The molecule has 4 amide bonds. The Bertz CT molecular complexity index is 1190. The number of carbonyl (C=O) groups excluding carboxylic acids is 4. The first kappa shape index (κ1) is 47.7. The molecule has 3 saturated heterocycles. The second-order valence-corrected chi connectivity index (χ2v) is 14.2. The maximum atomic E-state index is 12.9. The number of rotatable bonds is 24. The van der Waals surface area contributed by atoms with E-state index in [2.05, 4.69) is 21.3 Å². The van der Waals surface area contributed by atoms with E-state index in [-0.39, 0.29) is 90.7 Å². The molecule has 3 fully saturated rings. The minimum absolute atomic E-state index is 0.0000806. The fraction of sp³-hybridized carbons (Fsp3) is 0.886. The van der Waals surface area contributed by atoms with E-state index in [0.717, 1.165) is 6.42 Å². The van der Waals surface area contributed by atoms with Crippen molar-refractivity contribution in [2.75, 3.05) is 72.7 Å². The van der Waals surface area contributed by atoms with Crippen molar-refractivity contribution in [3.8, 4) is 0 Å². The summed E-state index contributed by atoms with van der Waals surface area (Å²) < 4.78 is 33.6. The molecule has 11 atom stereocenters. The van der Waals surface area contributed by atoms with E-state index in [9.17, 15) is 49.8 Å². The largest absolute Gasteiger partial charge is 0.394 e. The van der Waals surface area contributed by atoms with Gasteiger partial charge >= 0.3 is 0 Å². The second-order valence-electron chi connectivity index (χ2n) is 14.2. The number of ether oxygens (including phenoxy) is 6. The molecule has 3 rings (SSSR count). The molecule has 21 nitrogen and oxygen atoms in total. The standard InChI is InChI=1S/C35H63N5O16/c1-21-25(43)15-27(45)34(54-21)52-11-9-39-31(49)18-40(16-29(47)37-7-5-3-4-6-28(46)36-2)17-30(48)38-8-10-51-32-13-22(42)12-24(55-32)20-53-35-33(50)26(44)14-23(19-41)56-35/h21-27,32-35,41-45,50H,3-20H2,1-2H3,(H,36,46)(H,37,47)(H,38,48)(H,39,49)/t21-,22-,23-,24-,25-,26-,27-,32+,33-,34+,35-/m0/s1. The molecule has 21 heteroatoms. The third-order valence-corrected chi connectivity index (χ3v) is 9.40. The van der Waals surface area contributed by atoms with Gasteiger partial charge in [-0.15, -0.1) is 0 Å². The lowest BCUT2D eigenvalue weighted by molar-refractivity contribution is -0.289. The van der Waals surface area contributed by atoms with Crippen LogP contribution in [0.4, 0.5) is 0 Å². The number of carbonyl (C=O) groups is 4. The molecule has 0 bridgehead atoms. The van der Waals surface area contributed by atoms with E-state index in [1.54, 1.807) is 14.0 Å². The Balaban J connectivity index is 1.41. The molecule has 0 spiro atoms. The summed E-state index contributed by atoms with van der Waals surface area (Å²) in [6.45, 7) is 0.812. The molecule has 0 radical (unpaired) electrons. The van der Waals surface area contributed by atoms with E-state index in [1.165, 1.54) is 4.90 Å². The van der Waals surface area contributed by atoms with Gasteiger partial charge in [0.25, 0.3) is 0 Å². The summed E-state index contributed by atoms with van der Waals surface area (Å²) in [6.07, 6.45) is -6.97. The molecule has 56 heavy (non-hydrogen) atoms. The zero-order chi connectivity index (χ0) is 41.0. The molecule has 0 unspecified atom stereocenters. The van der Waals surface area contributed by atoms with Crippen molar-refractivity contribution in [1.82, 2.24) is 26.2 Å². The summed E-state index contributed by atoms with van der Waals surface area (Å²) in [7, 11) is 1.57. The smallest absolute Gasteiger partial charge is 0.234 e. The van der Waals surface area contributed by atoms with Crippen LogP contribution in [-0.4, -0.2) is 200 Å². The monoisotopic (exact) mass is 809 g/mol. The van der Waals surface area contributed by atoms with Crippen LogP contribution in [0.2, 0.25) is 0 Å². The predicted octanol–water partition coefficient (Wildman–Crippen LogP) is -4.45. The first-order valence-corrected chi connectivity index (χ1v) is 19.3. The van der Waals surface area contributed by atoms with Crippen molar-refractivity contribution in [3.63, 3.8) is 0 Å². The summed E-state index contributed by atoms with van der Waals surface area (Å²) in [5, 5.41) is 70.5. The highest BCUT2D eigenvalue weighted by molar-refractivity contribution is 5.84. The number of hydrogen-bond acceptors (Lipinski definition) is 17. The molecule has 3 aliphatic heterocycles. The van der Waals surface area contributed by atoms with Gasteiger partial charge in [-0.25, -0.2) is 0 Å². The van der Waals surface area contributed by atoms with Crippen LogP contribution in [0.25, 0.3) is 0 Å². The fourth-order valence-electron chi connectivity index (χ4n) is 6.26. The first-order chi connectivity index (χ1) is 26.8. The summed E-state index contributed by atoms with van der Waals surface area (Å²) >= 11 is 0. The maximum Gasteiger partial charge on any atom is 0.234 e. The van der Waals surface area contributed by atoms with Crippen molar-refractivity contribution in [3.05, 3.63) is 0 Å². The third kappa shape index (κ3) is 17.9. The highest BCUT2D eigenvalue weighted by Crippen LogP contribution is 2.25. The van der Waals surface area contributed by atoms with Crippen LogP contribution in [0.15, 0.2) is 0 Å². The molecule has 10 N–H and O–H groups in total. The SMILES string of the molecule is CNC(=O)CCCCCNC(=O)CN(CC(=O)NCCO[C@H]1C[C@@H](O)C[C@@H](CO[C@H]2O[C@H](CO)C[C@H](O)[C@@H]2O)O1)CC(=O)NCCO[C@@H]1O[C@@H](C)[C@@H](O)C[C@@H]1O. The molecular weight excluding hydrogens is 746 g/mol. The Morgan fingerprint density at radius 2 is 1.30 bits per heavy atom. The quantitative estimate of drug-likeness (QED) is 0.0412. The van der Waals surface area contributed by atoms with Gasteiger partial charge in [0.2, 0.25) is 23.6 Å². The number of aliphatic hydroxyl groups is 6. The lowest BCUT2D eigenvalue weighted by atomic mass is 10.0. The van der Waals surface area contributed by atoms with E-state index >= 15 is 0 Å². The summed E-state index contributed by atoms with van der Waals surface area (Å²) in [4.78, 5) is 51.2. The number of nitrogens with one attached hydrogen (secondary N) is 4. The Hall–Kier alpha value is -2.64. The van der Waals surface area contributed by atoms with Gasteiger partial charge in [0.15, 0.2) is 18.9 Å². The van der Waals surface area contributed by atoms with Crippen LogP contribution >= 0.6 is 0 Å². The van der Waals surface area contributed by atoms with Gasteiger partial charge in [-0.1, -0.05) is 6.42 Å². The highest BCUT2D eigenvalue weighted by atomic mass is 16.7. The lowest BCUT2D eigenvalue weighted by Gasteiger charge is -2.38. The van der Waals surface area contributed by atoms with Crippen LogP contribution in [0.5, 0.6) is 0 Å². The number of nitrogens with zero attached hydrogens (tertiary/aromatic N) is 1. The lowest BCUT2D eigenvalue weighted by Crippen LogP contribution is -2.51. The Morgan fingerprint density at radius 3 is 1.95 bits per heavy atom. The van der Waals surface area contributed by atoms with Crippen LogP contribution in [0.1, 0.15) is 58.3 Å². The molecular formula is C35H63N5O16. The summed E-state index contributed by atoms with van der Waals surface area (Å²) in [5.74, 6) is -1.43. The Morgan fingerprint density at radius 1 is 0.661 bits per heavy atom. The average molecular weight is 810 g/mol. The van der Waals surface area contributed by atoms with Gasteiger partial charge in [0.05, 0.1) is 82.7 Å². The summed E-state index contributed by atoms with van der Waals surface area (Å²) in [6, 6.07) is 0. The van der Waals surface area contributed by atoms with Gasteiger partial charge < -0.3 is 80.3 Å². The van der Waals surface area contributed by atoms with Crippen LogP contribution in [0, 0.1) is 0 Å². The maximum absolute atomic E-state index is 12.9. The Kier molecular flexibility index (Phi) is 21.9. The van der Waals surface area contributed by atoms with Crippen LogP contribution < -0.4 is 21.3 Å². The molecule has 0 saturated carbocycles. The molecule has 0 aromatic heterocycles. The molecule has 0 aromatic rings. The van der Waals surface area contributed by atoms with Gasteiger partial charge in [-0.05, 0) is 19.8 Å². The van der Waals surface area contributed by atoms with Crippen LogP contribution in [0.3, 0.4) is 0 Å². The fourth-order valence-corrected chi connectivity index (χ4v) is 6.26. The average Bonchev–Trinajstić information content (AvgIpc) is 3.15. The second kappa shape index (κ2) is 25.7. The first-order valence-electron chi connectivity index (χ1n) is 19.3. The highest BCUT2D eigenvalue weighted by Gasteiger charge is 2.39. The van der Waals surface area contributed by atoms with E-state index in [1.807, 2.05) is 0 Å². The van der Waals surface area contributed by atoms with Crippen molar-refractivity contribution in [2.24, 2.45) is 0 Å². The van der Waals surface area contributed by atoms with Crippen molar-refractivity contribution < 1.29 is 78.2 Å². The van der Waals surface area contributed by atoms with E-state index in [4.69, 9.17) is 28.4 Å². The van der Waals surface area contributed by atoms with Crippen molar-refractivity contribution in [1.29, 1.82) is 0 Å². The zero-order valence-electron chi connectivity index (χ0n) is 32.3. The van der Waals surface area contributed by atoms with Gasteiger partial charge in [0, 0.05) is 58.8 Å². The number of hydrogen-bond donors (Lipinski definition) is 10. The Labute approximate surface area is 326 Å². The molecule has 0 aliphatic carbocycles.